The zero-order chi connectivity index (χ0) is 16.5. The fourth-order valence-corrected chi connectivity index (χ4v) is 2.46. The first-order valence-corrected chi connectivity index (χ1v) is 7.90. The summed E-state index contributed by atoms with van der Waals surface area (Å²) in [7, 11) is 0. The van der Waals surface area contributed by atoms with E-state index < -0.39 is 0 Å². The number of halogens is 1. The van der Waals surface area contributed by atoms with Crippen molar-refractivity contribution in [2.75, 3.05) is 26.2 Å². The van der Waals surface area contributed by atoms with Crippen molar-refractivity contribution >= 4 is 18.2 Å². The molecule has 2 aromatic rings. The van der Waals surface area contributed by atoms with Crippen LogP contribution in [-0.4, -0.2) is 36.9 Å². The highest BCUT2D eigenvalue weighted by Crippen LogP contribution is 2.18. The first-order chi connectivity index (χ1) is 11.2. The van der Waals surface area contributed by atoms with Crippen LogP contribution in [0.4, 0.5) is 0 Å². The van der Waals surface area contributed by atoms with E-state index in [-0.39, 0.29) is 18.2 Å². The van der Waals surface area contributed by atoms with Crippen LogP contribution < -0.4 is 10.5 Å². The van der Waals surface area contributed by atoms with E-state index in [1.807, 2.05) is 36.4 Å². The first-order valence-electron chi connectivity index (χ1n) is 7.90. The minimum Gasteiger partial charge on any atom is -0.491 e. The Morgan fingerprint density at radius 2 is 1.71 bits per heavy atom. The molecule has 4 nitrogen and oxygen atoms in total. The lowest BCUT2D eigenvalue weighted by molar-refractivity contribution is 0.101. The second-order valence-corrected chi connectivity index (χ2v) is 5.45. The normalized spacial score (nSPS) is 10.3. The van der Waals surface area contributed by atoms with E-state index in [0.717, 1.165) is 19.6 Å². The van der Waals surface area contributed by atoms with Gasteiger partial charge in [0.05, 0.1) is 5.56 Å². The van der Waals surface area contributed by atoms with E-state index in [4.69, 9.17) is 10.5 Å². The van der Waals surface area contributed by atoms with Crippen molar-refractivity contribution in [3.05, 3.63) is 65.7 Å². The molecule has 2 aromatic carbocycles. The Bertz CT molecular complexity index is 620. The molecule has 0 aliphatic rings. The summed E-state index contributed by atoms with van der Waals surface area (Å²) in [6.45, 7) is 5.10. The zero-order valence-electron chi connectivity index (χ0n) is 14.0. The minimum absolute atomic E-state index is 0. The van der Waals surface area contributed by atoms with Crippen LogP contribution in [0.2, 0.25) is 0 Å². The average molecular weight is 349 g/mol. The average Bonchev–Trinajstić information content (AvgIpc) is 2.56. The van der Waals surface area contributed by atoms with E-state index in [1.165, 1.54) is 5.56 Å². The van der Waals surface area contributed by atoms with Crippen molar-refractivity contribution in [1.29, 1.82) is 0 Å². The molecule has 2 rings (SSSR count). The number of nitrogens with two attached hydrogens (primary N) is 1. The van der Waals surface area contributed by atoms with Gasteiger partial charge in [-0.15, -0.1) is 12.4 Å². The van der Waals surface area contributed by atoms with E-state index in [9.17, 15) is 4.79 Å². The Labute approximate surface area is 150 Å². The third-order valence-electron chi connectivity index (χ3n) is 3.63. The topological polar surface area (TPSA) is 55.6 Å². The van der Waals surface area contributed by atoms with Crippen molar-refractivity contribution in [1.82, 2.24) is 4.90 Å². The Kier molecular flexibility index (Phi) is 9.08. The molecule has 0 spiro atoms. The first kappa shape index (κ1) is 20.2. The van der Waals surface area contributed by atoms with Gasteiger partial charge in [0.1, 0.15) is 12.4 Å². The maximum absolute atomic E-state index is 11.6. The second kappa shape index (κ2) is 10.8. The number of carbonyl (C=O) groups is 1. The van der Waals surface area contributed by atoms with Crippen LogP contribution in [-0.2, 0) is 6.54 Å². The van der Waals surface area contributed by atoms with Gasteiger partial charge in [-0.1, -0.05) is 42.5 Å². The minimum atomic E-state index is 0. The highest BCUT2D eigenvalue weighted by molar-refractivity contribution is 5.96. The van der Waals surface area contributed by atoms with Gasteiger partial charge in [0, 0.05) is 26.2 Å². The van der Waals surface area contributed by atoms with Crippen molar-refractivity contribution in [2.45, 2.75) is 13.5 Å². The molecule has 0 heterocycles. The molecule has 0 unspecified atom stereocenters. The van der Waals surface area contributed by atoms with Gasteiger partial charge in [0.15, 0.2) is 5.78 Å². The molecule has 2 N–H and O–H groups in total. The highest BCUT2D eigenvalue weighted by atomic mass is 35.5. The Morgan fingerprint density at radius 3 is 2.38 bits per heavy atom. The number of rotatable bonds is 9. The molecule has 0 saturated carbocycles. The molecular weight excluding hydrogens is 324 g/mol. The quantitative estimate of drug-likeness (QED) is 0.707. The van der Waals surface area contributed by atoms with Gasteiger partial charge >= 0.3 is 0 Å². The molecule has 0 amide bonds. The maximum atomic E-state index is 11.6. The number of para-hydroxylation sites is 1. The summed E-state index contributed by atoms with van der Waals surface area (Å²) in [5.74, 6) is 0.663. The Balaban J connectivity index is 0.00000288. The molecular formula is C19H25ClN2O2. The number of Topliss-reactive ketones (excluding diaryl/α,β-unsaturated/α-hetero) is 1. The summed E-state index contributed by atoms with van der Waals surface area (Å²) in [4.78, 5) is 13.9. The molecule has 0 bridgehead atoms. The zero-order valence-corrected chi connectivity index (χ0v) is 14.8. The maximum Gasteiger partial charge on any atom is 0.163 e. The van der Waals surface area contributed by atoms with Gasteiger partial charge in [-0.2, -0.15) is 0 Å². The Hall–Kier alpha value is -1.88. The van der Waals surface area contributed by atoms with Crippen molar-refractivity contribution < 1.29 is 9.53 Å². The number of hydrogen-bond donors (Lipinski definition) is 1. The molecule has 24 heavy (non-hydrogen) atoms. The lowest BCUT2D eigenvalue weighted by atomic mass is 10.1. The second-order valence-electron chi connectivity index (χ2n) is 5.45. The molecule has 0 aromatic heterocycles. The summed E-state index contributed by atoms with van der Waals surface area (Å²) in [6, 6.07) is 17.7. The van der Waals surface area contributed by atoms with Gasteiger partial charge in [0.25, 0.3) is 0 Å². The third-order valence-corrected chi connectivity index (χ3v) is 3.63. The summed E-state index contributed by atoms with van der Waals surface area (Å²) in [5, 5.41) is 0. The molecule has 0 aliphatic heterocycles. The molecule has 5 heteroatoms. The number of ketones is 1. The monoisotopic (exact) mass is 348 g/mol. The van der Waals surface area contributed by atoms with Crippen molar-refractivity contribution in [3.63, 3.8) is 0 Å². The predicted molar refractivity (Wildman–Crippen MR) is 100.0 cm³/mol. The molecule has 0 radical (unpaired) electrons. The number of benzene rings is 2. The lowest BCUT2D eigenvalue weighted by Gasteiger charge is -2.22. The standard InChI is InChI=1S/C19H24N2O2.ClH/c1-16(22)18-9-5-6-10-19(18)23-14-13-21(12-11-20)15-17-7-3-2-4-8-17;/h2-10H,11-15,20H2,1H3;1H. The molecule has 0 fully saturated rings. The Morgan fingerprint density at radius 1 is 1.04 bits per heavy atom. The largest absolute Gasteiger partial charge is 0.491 e. The molecule has 0 aliphatic carbocycles. The van der Waals surface area contributed by atoms with E-state index >= 15 is 0 Å². The number of carbonyl (C=O) groups excluding carboxylic acids is 1. The van der Waals surface area contributed by atoms with Crippen LogP contribution in [0.5, 0.6) is 5.75 Å². The van der Waals surface area contributed by atoms with Gasteiger partial charge in [-0.3, -0.25) is 9.69 Å². The number of ether oxygens (including phenoxy) is 1. The fourth-order valence-electron chi connectivity index (χ4n) is 2.46. The van der Waals surface area contributed by atoms with Gasteiger partial charge in [-0.05, 0) is 24.6 Å². The van der Waals surface area contributed by atoms with Crippen LogP contribution in [0.25, 0.3) is 0 Å². The van der Waals surface area contributed by atoms with Gasteiger partial charge < -0.3 is 10.5 Å². The van der Waals surface area contributed by atoms with Crippen LogP contribution in [0.15, 0.2) is 54.6 Å². The van der Waals surface area contributed by atoms with E-state index in [1.54, 1.807) is 13.0 Å². The van der Waals surface area contributed by atoms with Crippen LogP contribution in [0.3, 0.4) is 0 Å². The number of nitrogens with zero attached hydrogens (tertiary/aromatic N) is 1. The lowest BCUT2D eigenvalue weighted by Crippen LogP contribution is -2.32. The summed E-state index contributed by atoms with van der Waals surface area (Å²) < 4.78 is 5.81. The van der Waals surface area contributed by atoms with E-state index in [0.29, 0.717) is 24.5 Å². The molecule has 0 atom stereocenters. The SMILES string of the molecule is CC(=O)c1ccccc1OCCN(CCN)Cc1ccccc1.Cl. The summed E-state index contributed by atoms with van der Waals surface area (Å²) in [6.07, 6.45) is 0. The number of hydrogen-bond acceptors (Lipinski definition) is 4. The van der Waals surface area contributed by atoms with Gasteiger partial charge in [0.2, 0.25) is 0 Å². The molecule has 130 valence electrons. The summed E-state index contributed by atoms with van der Waals surface area (Å²) in [5.41, 5.74) is 7.58. The van der Waals surface area contributed by atoms with Crippen molar-refractivity contribution in [3.8, 4) is 5.75 Å². The fraction of sp³-hybridized carbons (Fsp3) is 0.316. The smallest absolute Gasteiger partial charge is 0.163 e. The van der Waals surface area contributed by atoms with Crippen LogP contribution in [0, 0.1) is 0 Å². The molecule has 0 saturated heterocycles. The van der Waals surface area contributed by atoms with Crippen molar-refractivity contribution in [2.24, 2.45) is 5.73 Å². The summed E-state index contributed by atoms with van der Waals surface area (Å²) >= 11 is 0. The van der Waals surface area contributed by atoms with Gasteiger partial charge in [-0.25, -0.2) is 0 Å². The predicted octanol–water partition coefficient (Wildman–Crippen LogP) is 3.15. The van der Waals surface area contributed by atoms with Crippen LogP contribution in [0.1, 0.15) is 22.8 Å². The highest BCUT2D eigenvalue weighted by Gasteiger charge is 2.09. The van der Waals surface area contributed by atoms with E-state index in [2.05, 4.69) is 17.0 Å². The third kappa shape index (κ3) is 6.32. The van der Waals surface area contributed by atoms with Crippen LogP contribution >= 0.6 is 12.4 Å².